The van der Waals surface area contributed by atoms with Gasteiger partial charge in [0.15, 0.2) is 0 Å². The van der Waals surface area contributed by atoms with E-state index >= 15 is 0 Å². The summed E-state index contributed by atoms with van der Waals surface area (Å²) in [5.41, 5.74) is 0.806. The third-order valence-electron chi connectivity index (χ3n) is 3.26. The average Bonchev–Trinajstić information content (AvgIpc) is 2.57. The molecule has 0 spiro atoms. The smallest absolute Gasteiger partial charge is 0.314 e. The summed E-state index contributed by atoms with van der Waals surface area (Å²) in [6.07, 6.45) is 0. The van der Waals surface area contributed by atoms with E-state index in [9.17, 15) is 19.2 Å². The van der Waals surface area contributed by atoms with Gasteiger partial charge in [-0.3, -0.25) is 19.2 Å². The molecule has 0 saturated heterocycles. The SMILES string of the molecule is O=C1Nc2ccccc2NC(=O)C(=O)Nc2ccccc2NC1=O. The molecule has 2 aromatic carbocycles. The molecular formula is C16H12N4O4. The predicted molar refractivity (Wildman–Crippen MR) is 87.4 cm³/mol. The lowest BCUT2D eigenvalue weighted by Gasteiger charge is -2.16. The van der Waals surface area contributed by atoms with E-state index in [1.807, 2.05) is 0 Å². The highest BCUT2D eigenvalue weighted by Crippen LogP contribution is 2.24. The molecule has 0 atom stereocenters. The maximum atomic E-state index is 12.0. The largest absolute Gasteiger partial charge is 0.316 e. The molecule has 0 aromatic heterocycles. The van der Waals surface area contributed by atoms with Crippen molar-refractivity contribution in [2.75, 3.05) is 21.3 Å². The molecule has 24 heavy (non-hydrogen) atoms. The fourth-order valence-electron chi connectivity index (χ4n) is 2.12. The normalized spacial score (nSPS) is 14.7. The summed E-state index contributed by atoms with van der Waals surface area (Å²) in [7, 11) is 0. The Hall–Kier alpha value is -3.68. The van der Waals surface area contributed by atoms with Crippen molar-refractivity contribution in [2.45, 2.75) is 0 Å². The van der Waals surface area contributed by atoms with E-state index in [2.05, 4.69) is 21.3 Å². The molecule has 4 amide bonds. The second kappa shape index (κ2) is 6.21. The first-order valence-corrected chi connectivity index (χ1v) is 6.97. The van der Waals surface area contributed by atoms with Crippen molar-refractivity contribution in [3.05, 3.63) is 48.5 Å². The van der Waals surface area contributed by atoms with Crippen LogP contribution in [0.4, 0.5) is 22.7 Å². The number of benzene rings is 2. The van der Waals surface area contributed by atoms with E-state index in [-0.39, 0.29) is 22.7 Å². The number of anilines is 4. The summed E-state index contributed by atoms with van der Waals surface area (Å²) in [5, 5.41) is 9.59. The number of hydrogen-bond acceptors (Lipinski definition) is 4. The van der Waals surface area contributed by atoms with Crippen LogP contribution in [0.1, 0.15) is 0 Å². The zero-order valence-electron chi connectivity index (χ0n) is 12.3. The number of amides is 4. The molecule has 1 aliphatic rings. The van der Waals surface area contributed by atoms with E-state index in [1.54, 1.807) is 24.3 Å². The van der Waals surface area contributed by atoms with Crippen molar-refractivity contribution in [1.82, 2.24) is 0 Å². The fraction of sp³-hybridized carbons (Fsp3) is 0. The Kier molecular flexibility index (Phi) is 3.94. The molecule has 0 aliphatic carbocycles. The van der Waals surface area contributed by atoms with Gasteiger partial charge in [-0.05, 0) is 24.3 Å². The summed E-state index contributed by atoms with van der Waals surface area (Å²) in [6, 6.07) is 12.5. The highest BCUT2D eigenvalue weighted by Gasteiger charge is 2.22. The van der Waals surface area contributed by atoms with Crippen molar-refractivity contribution >= 4 is 46.4 Å². The quantitative estimate of drug-likeness (QED) is 0.544. The minimum Gasteiger partial charge on any atom is -0.316 e. The molecule has 4 N–H and O–H groups in total. The van der Waals surface area contributed by atoms with Gasteiger partial charge in [0.05, 0.1) is 22.7 Å². The molecule has 1 aliphatic heterocycles. The number of para-hydroxylation sites is 4. The Morgan fingerprint density at radius 1 is 0.417 bits per heavy atom. The number of carbonyl (C=O) groups excluding carboxylic acids is 4. The van der Waals surface area contributed by atoms with Gasteiger partial charge < -0.3 is 21.3 Å². The van der Waals surface area contributed by atoms with E-state index in [4.69, 9.17) is 0 Å². The lowest BCUT2D eigenvalue weighted by atomic mass is 10.2. The topological polar surface area (TPSA) is 116 Å². The molecule has 0 saturated carbocycles. The third kappa shape index (κ3) is 3.07. The summed E-state index contributed by atoms with van der Waals surface area (Å²) in [5.74, 6) is -3.62. The van der Waals surface area contributed by atoms with Gasteiger partial charge in [-0.15, -0.1) is 0 Å². The van der Waals surface area contributed by atoms with Crippen LogP contribution in [0.2, 0.25) is 0 Å². The van der Waals surface area contributed by atoms with Crippen molar-refractivity contribution < 1.29 is 19.2 Å². The van der Waals surface area contributed by atoms with Crippen LogP contribution >= 0.6 is 0 Å². The highest BCUT2D eigenvalue weighted by molar-refractivity contribution is 6.46. The first-order valence-electron chi connectivity index (χ1n) is 6.97. The molecule has 0 radical (unpaired) electrons. The minimum absolute atomic E-state index is 0.202. The molecule has 1 heterocycles. The van der Waals surface area contributed by atoms with E-state index in [1.165, 1.54) is 24.3 Å². The second-order valence-electron chi connectivity index (χ2n) is 4.91. The van der Waals surface area contributed by atoms with Gasteiger partial charge in [-0.2, -0.15) is 0 Å². The molecule has 120 valence electrons. The lowest BCUT2D eigenvalue weighted by molar-refractivity contribution is -0.133. The third-order valence-corrected chi connectivity index (χ3v) is 3.26. The molecular weight excluding hydrogens is 312 g/mol. The summed E-state index contributed by atoms with van der Waals surface area (Å²) in [6.45, 7) is 0. The van der Waals surface area contributed by atoms with Crippen LogP contribution in [0.5, 0.6) is 0 Å². The molecule has 0 unspecified atom stereocenters. The van der Waals surface area contributed by atoms with Gasteiger partial charge in [-0.25, -0.2) is 0 Å². The van der Waals surface area contributed by atoms with Crippen molar-refractivity contribution in [2.24, 2.45) is 0 Å². The van der Waals surface area contributed by atoms with Crippen LogP contribution in [0, 0.1) is 0 Å². The Labute approximate surface area is 136 Å². The van der Waals surface area contributed by atoms with E-state index in [0.717, 1.165) is 0 Å². The molecule has 8 nitrogen and oxygen atoms in total. The highest BCUT2D eigenvalue weighted by atomic mass is 16.2. The first-order chi connectivity index (χ1) is 11.5. The Bertz CT molecular complexity index is 721. The van der Waals surface area contributed by atoms with Gasteiger partial charge in [0.2, 0.25) is 0 Å². The van der Waals surface area contributed by atoms with Crippen LogP contribution in [0.15, 0.2) is 48.5 Å². The number of carbonyl (C=O) groups is 4. The van der Waals surface area contributed by atoms with E-state index in [0.29, 0.717) is 0 Å². The Balaban J connectivity index is 2.02. The van der Waals surface area contributed by atoms with Crippen LogP contribution in [-0.4, -0.2) is 23.6 Å². The van der Waals surface area contributed by atoms with Crippen molar-refractivity contribution in [1.29, 1.82) is 0 Å². The minimum atomic E-state index is -0.904. The summed E-state index contributed by atoms with van der Waals surface area (Å²) >= 11 is 0. The van der Waals surface area contributed by atoms with E-state index < -0.39 is 23.6 Å². The molecule has 0 fully saturated rings. The Morgan fingerprint density at radius 2 is 0.625 bits per heavy atom. The molecule has 2 aromatic rings. The number of rotatable bonds is 0. The van der Waals surface area contributed by atoms with Crippen LogP contribution in [0.3, 0.4) is 0 Å². The number of nitrogens with one attached hydrogen (secondary N) is 4. The van der Waals surface area contributed by atoms with Crippen molar-refractivity contribution in [3.63, 3.8) is 0 Å². The summed E-state index contributed by atoms with van der Waals surface area (Å²) in [4.78, 5) is 48.1. The lowest BCUT2D eigenvalue weighted by Crippen LogP contribution is -2.33. The second-order valence-corrected chi connectivity index (χ2v) is 4.91. The van der Waals surface area contributed by atoms with Gasteiger partial charge in [0.1, 0.15) is 0 Å². The maximum absolute atomic E-state index is 12.0. The van der Waals surface area contributed by atoms with Crippen molar-refractivity contribution in [3.8, 4) is 0 Å². The molecule has 3 rings (SSSR count). The van der Waals surface area contributed by atoms with Crippen LogP contribution in [-0.2, 0) is 19.2 Å². The maximum Gasteiger partial charge on any atom is 0.314 e. The van der Waals surface area contributed by atoms with Crippen LogP contribution in [0.25, 0.3) is 0 Å². The summed E-state index contributed by atoms with van der Waals surface area (Å²) < 4.78 is 0. The van der Waals surface area contributed by atoms with Gasteiger partial charge >= 0.3 is 23.6 Å². The molecule has 0 bridgehead atoms. The van der Waals surface area contributed by atoms with Gasteiger partial charge in [0.25, 0.3) is 0 Å². The first kappa shape index (κ1) is 15.2. The average molecular weight is 324 g/mol. The monoisotopic (exact) mass is 324 g/mol. The fourth-order valence-corrected chi connectivity index (χ4v) is 2.12. The van der Waals surface area contributed by atoms with Gasteiger partial charge in [0, 0.05) is 0 Å². The zero-order valence-corrected chi connectivity index (χ0v) is 12.3. The Morgan fingerprint density at radius 3 is 0.833 bits per heavy atom. The van der Waals surface area contributed by atoms with Gasteiger partial charge in [-0.1, -0.05) is 24.3 Å². The molecule has 8 heteroatoms. The predicted octanol–water partition coefficient (Wildman–Crippen LogP) is 1.15. The number of hydrogen-bond donors (Lipinski definition) is 4. The number of fused-ring (bicyclic) bond motifs is 2. The van der Waals surface area contributed by atoms with Crippen LogP contribution < -0.4 is 21.3 Å². The zero-order chi connectivity index (χ0) is 17.1. The standard InChI is InChI=1S/C16H12N4O4/c21-13-14(22)19-11-7-3-4-8-12(11)20-16(24)15(23)18-10-6-2-1-5-9(10)17-13/h1-8H,(H,17,21)(H,18,23)(H,19,22)(H,20,24).